The van der Waals surface area contributed by atoms with Gasteiger partial charge in [0.25, 0.3) is 0 Å². The number of nitrogens with one attached hydrogen (secondary N) is 1. The van der Waals surface area contributed by atoms with Gasteiger partial charge in [0.2, 0.25) is 0 Å². The Bertz CT molecular complexity index is 343. The summed E-state index contributed by atoms with van der Waals surface area (Å²) in [6.07, 6.45) is 1.78. The first-order valence-corrected chi connectivity index (χ1v) is 5.85. The van der Waals surface area contributed by atoms with Crippen LogP contribution < -0.4 is 5.32 Å². The van der Waals surface area contributed by atoms with Crippen LogP contribution in [0.4, 0.5) is 5.82 Å². The van der Waals surface area contributed by atoms with E-state index < -0.39 is 0 Å². The lowest BCUT2D eigenvalue weighted by Crippen LogP contribution is -2.28. The van der Waals surface area contributed by atoms with E-state index >= 15 is 0 Å². The number of nitrogens with zero attached hydrogens (tertiary/aromatic N) is 3. The highest BCUT2D eigenvalue weighted by atomic mass is 16.5. The van der Waals surface area contributed by atoms with Gasteiger partial charge in [0, 0.05) is 26.7 Å². The first-order chi connectivity index (χ1) is 8.13. The van der Waals surface area contributed by atoms with Crippen molar-refractivity contribution in [3.63, 3.8) is 0 Å². The van der Waals surface area contributed by atoms with Crippen molar-refractivity contribution in [2.45, 2.75) is 13.8 Å². The molecule has 0 amide bonds. The smallest absolute Gasteiger partial charge is 0.144 e. The molecule has 0 unspecified atom stereocenters. The van der Waals surface area contributed by atoms with Crippen molar-refractivity contribution in [3.05, 3.63) is 17.6 Å². The van der Waals surface area contributed by atoms with E-state index in [1.165, 1.54) is 0 Å². The van der Waals surface area contributed by atoms with Gasteiger partial charge in [-0.3, -0.25) is 4.98 Å². The number of aromatic nitrogens is 2. The zero-order chi connectivity index (χ0) is 12.7. The van der Waals surface area contributed by atoms with Crippen LogP contribution in [0.25, 0.3) is 0 Å². The van der Waals surface area contributed by atoms with Gasteiger partial charge >= 0.3 is 0 Å². The molecule has 1 heterocycles. The Morgan fingerprint density at radius 3 is 2.71 bits per heavy atom. The van der Waals surface area contributed by atoms with E-state index in [2.05, 4.69) is 27.2 Å². The molecule has 1 aromatic rings. The SMILES string of the molecule is COCCN(C)CCNc1cnc(C)c(C)n1. The molecule has 0 aromatic carbocycles. The third-order valence-electron chi connectivity index (χ3n) is 2.67. The van der Waals surface area contributed by atoms with Crippen LogP contribution >= 0.6 is 0 Å². The number of hydrogen-bond acceptors (Lipinski definition) is 5. The largest absolute Gasteiger partial charge is 0.383 e. The molecule has 5 nitrogen and oxygen atoms in total. The monoisotopic (exact) mass is 238 g/mol. The Morgan fingerprint density at radius 2 is 2.06 bits per heavy atom. The first kappa shape index (κ1) is 13.9. The van der Waals surface area contributed by atoms with Crippen LogP contribution in [0.3, 0.4) is 0 Å². The minimum Gasteiger partial charge on any atom is -0.383 e. The second-order valence-electron chi connectivity index (χ2n) is 4.15. The molecule has 0 bridgehead atoms. The summed E-state index contributed by atoms with van der Waals surface area (Å²) < 4.78 is 5.02. The number of likely N-dealkylation sites (N-methyl/N-ethyl adjacent to an activating group) is 1. The fourth-order valence-corrected chi connectivity index (χ4v) is 1.36. The zero-order valence-corrected chi connectivity index (χ0v) is 11.2. The van der Waals surface area contributed by atoms with E-state index in [0.717, 1.165) is 43.4 Å². The molecule has 1 N–H and O–H groups in total. The zero-order valence-electron chi connectivity index (χ0n) is 11.2. The van der Waals surface area contributed by atoms with Crippen molar-refractivity contribution >= 4 is 5.82 Å². The lowest BCUT2D eigenvalue weighted by Gasteiger charge is -2.16. The summed E-state index contributed by atoms with van der Waals surface area (Å²) in [4.78, 5) is 10.9. The summed E-state index contributed by atoms with van der Waals surface area (Å²) >= 11 is 0. The van der Waals surface area contributed by atoms with Crippen LogP contribution in [-0.2, 0) is 4.74 Å². The third kappa shape index (κ3) is 5.10. The Morgan fingerprint density at radius 1 is 1.29 bits per heavy atom. The van der Waals surface area contributed by atoms with Gasteiger partial charge in [0.05, 0.1) is 24.2 Å². The lowest BCUT2D eigenvalue weighted by atomic mass is 10.3. The van der Waals surface area contributed by atoms with Crippen molar-refractivity contribution in [1.82, 2.24) is 14.9 Å². The second kappa shape index (κ2) is 7.19. The lowest BCUT2D eigenvalue weighted by molar-refractivity contribution is 0.163. The van der Waals surface area contributed by atoms with Gasteiger partial charge in [0.15, 0.2) is 0 Å². The standard InChI is InChI=1S/C12H22N4O/c1-10-11(2)15-12(9-14-10)13-5-6-16(3)7-8-17-4/h9H,5-8H2,1-4H3,(H,13,15). The van der Waals surface area contributed by atoms with Gasteiger partial charge in [-0.25, -0.2) is 4.98 Å². The molecule has 0 atom stereocenters. The summed E-state index contributed by atoms with van der Waals surface area (Å²) in [7, 11) is 3.80. The molecule has 1 aromatic heterocycles. The summed E-state index contributed by atoms with van der Waals surface area (Å²) in [5, 5.41) is 3.26. The molecule has 96 valence electrons. The third-order valence-corrected chi connectivity index (χ3v) is 2.67. The quantitative estimate of drug-likeness (QED) is 0.770. The molecule has 5 heteroatoms. The number of methoxy groups -OCH3 is 1. The minimum absolute atomic E-state index is 0.764. The number of hydrogen-bond donors (Lipinski definition) is 1. The normalized spacial score (nSPS) is 10.9. The molecule has 0 aliphatic heterocycles. The van der Waals surface area contributed by atoms with Crippen molar-refractivity contribution in [2.75, 3.05) is 45.7 Å². The molecular weight excluding hydrogens is 216 g/mol. The molecule has 0 radical (unpaired) electrons. The predicted molar refractivity (Wildman–Crippen MR) is 69.4 cm³/mol. The highest BCUT2D eigenvalue weighted by molar-refractivity contribution is 5.33. The first-order valence-electron chi connectivity index (χ1n) is 5.85. The maximum atomic E-state index is 5.02. The van der Waals surface area contributed by atoms with Crippen LogP contribution in [0.2, 0.25) is 0 Å². The van der Waals surface area contributed by atoms with Crippen LogP contribution in [-0.4, -0.2) is 55.3 Å². The molecule has 0 spiro atoms. The van der Waals surface area contributed by atoms with E-state index in [0.29, 0.717) is 0 Å². The van der Waals surface area contributed by atoms with E-state index in [-0.39, 0.29) is 0 Å². The molecule has 1 rings (SSSR count). The highest BCUT2D eigenvalue weighted by Crippen LogP contribution is 2.04. The number of aryl methyl sites for hydroxylation is 2. The van der Waals surface area contributed by atoms with Gasteiger partial charge in [-0.1, -0.05) is 0 Å². The Hall–Kier alpha value is -1.20. The van der Waals surface area contributed by atoms with Crippen molar-refractivity contribution in [1.29, 1.82) is 0 Å². The van der Waals surface area contributed by atoms with Gasteiger partial charge in [-0.15, -0.1) is 0 Å². The summed E-state index contributed by atoms with van der Waals surface area (Å²) in [5.74, 6) is 0.841. The van der Waals surface area contributed by atoms with Crippen LogP contribution in [0.1, 0.15) is 11.4 Å². The predicted octanol–water partition coefficient (Wildman–Crippen LogP) is 1.08. The number of ether oxygens (including phenoxy) is 1. The number of anilines is 1. The van der Waals surface area contributed by atoms with Gasteiger partial charge < -0.3 is 15.0 Å². The molecule has 0 saturated carbocycles. The maximum absolute atomic E-state index is 5.02. The summed E-state index contributed by atoms with van der Waals surface area (Å²) in [6, 6.07) is 0. The van der Waals surface area contributed by atoms with Gasteiger partial charge in [-0.05, 0) is 20.9 Å². The van der Waals surface area contributed by atoms with Crippen molar-refractivity contribution in [2.24, 2.45) is 0 Å². The highest BCUT2D eigenvalue weighted by Gasteiger charge is 2.00. The van der Waals surface area contributed by atoms with Crippen molar-refractivity contribution in [3.8, 4) is 0 Å². The molecular formula is C12H22N4O. The van der Waals surface area contributed by atoms with Crippen LogP contribution in [0.15, 0.2) is 6.20 Å². The van der Waals surface area contributed by atoms with Gasteiger partial charge in [0.1, 0.15) is 5.82 Å². The van der Waals surface area contributed by atoms with Crippen LogP contribution in [0, 0.1) is 13.8 Å². The van der Waals surface area contributed by atoms with E-state index in [4.69, 9.17) is 4.74 Å². The Kier molecular flexibility index (Phi) is 5.86. The topological polar surface area (TPSA) is 50.3 Å². The summed E-state index contributed by atoms with van der Waals surface area (Å²) in [6.45, 7) is 7.45. The Balaban J connectivity index is 2.28. The molecule has 0 fully saturated rings. The average Bonchev–Trinajstić information content (AvgIpc) is 2.31. The van der Waals surface area contributed by atoms with Gasteiger partial charge in [-0.2, -0.15) is 0 Å². The molecule has 0 saturated heterocycles. The van der Waals surface area contributed by atoms with E-state index in [9.17, 15) is 0 Å². The van der Waals surface area contributed by atoms with Crippen LogP contribution in [0.5, 0.6) is 0 Å². The second-order valence-corrected chi connectivity index (χ2v) is 4.15. The maximum Gasteiger partial charge on any atom is 0.144 e. The fourth-order valence-electron chi connectivity index (χ4n) is 1.36. The average molecular weight is 238 g/mol. The summed E-state index contributed by atoms with van der Waals surface area (Å²) in [5.41, 5.74) is 1.95. The van der Waals surface area contributed by atoms with E-state index in [1.54, 1.807) is 13.3 Å². The van der Waals surface area contributed by atoms with E-state index in [1.807, 2.05) is 13.8 Å². The molecule has 0 aliphatic carbocycles. The fraction of sp³-hybridized carbons (Fsp3) is 0.667. The Labute approximate surface area is 103 Å². The number of rotatable bonds is 7. The molecule has 17 heavy (non-hydrogen) atoms. The molecule has 0 aliphatic rings. The van der Waals surface area contributed by atoms with Crippen molar-refractivity contribution < 1.29 is 4.74 Å². The minimum atomic E-state index is 0.764.